The molecule has 0 saturated heterocycles. The Labute approximate surface area is 117 Å². The lowest BCUT2D eigenvalue weighted by Gasteiger charge is -2.19. The zero-order valence-corrected chi connectivity index (χ0v) is 11.2. The summed E-state index contributed by atoms with van der Waals surface area (Å²) in [6.07, 6.45) is 3.15. The number of carbonyl (C=O) groups excluding carboxylic acids is 1. The molecule has 1 amide bonds. The summed E-state index contributed by atoms with van der Waals surface area (Å²) in [5.74, 6) is -0.0994. The number of ether oxygens (including phenoxy) is 1. The van der Waals surface area contributed by atoms with Gasteiger partial charge in [-0.3, -0.25) is 9.78 Å². The number of rotatable bonds is 2. The predicted octanol–water partition coefficient (Wildman–Crippen LogP) is 1.97. The van der Waals surface area contributed by atoms with Crippen molar-refractivity contribution in [1.82, 2.24) is 4.98 Å². The highest BCUT2D eigenvalue weighted by molar-refractivity contribution is 6.07. The first kappa shape index (κ1) is 12.6. The Bertz CT molecular complexity index is 670. The van der Waals surface area contributed by atoms with Gasteiger partial charge in [-0.1, -0.05) is 6.07 Å². The molecule has 2 N–H and O–H groups in total. The molecule has 0 bridgehead atoms. The number of nitrogen functional groups attached to an aromatic ring is 1. The lowest BCUT2D eigenvalue weighted by Crippen LogP contribution is -2.27. The molecule has 0 radical (unpaired) electrons. The van der Waals surface area contributed by atoms with Crippen LogP contribution in [-0.2, 0) is 18.0 Å². The van der Waals surface area contributed by atoms with Crippen molar-refractivity contribution in [2.24, 2.45) is 0 Å². The zero-order valence-electron chi connectivity index (χ0n) is 11.2. The van der Waals surface area contributed by atoms with Gasteiger partial charge in [0.2, 0.25) is 0 Å². The lowest BCUT2D eigenvalue weighted by atomic mass is 10.1. The molecule has 0 spiro atoms. The van der Waals surface area contributed by atoms with Gasteiger partial charge in [0.05, 0.1) is 30.8 Å². The average molecular weight is 269 g/mol. The Balaban J connectivity index is 1.91. The van der Waals surface area contributed by atoms with Crippen LogP contribution in [0.25, 0.3) is 0 Å². The Morgan fingerprint density at radius 2 is 2.10 bits per heavy atom. The number of nitrogens with zero attached hydrogens (tertiary/aromatic N) is 2. The normalized spacial score (nSPS) is 13.1. The van der Waals surface area contributed by atoms with E-state index in [2.05, 4.69) is 4.98 Å². The summed E-state index contributed by atoms with van der Waals surface area (Å²) in [6, 6.07) is 7.38. The van der Waals surface area contributed by atoms with Crippen LogP contribution in [0.2, 0.25) is 0 Å². The highest BCUT2D eigenvalue weighted by Gasteiger charge is 2.18. The van der Waals surface area contributed by atoms with Crippen molar-refractivity contribution < 1.29 is 9.53 Å². The number of fused-ring (bicyclic) bond motifs is 1. The third-order valence-corrected chi connectivity index (χ3v) is 3.46. The number of anilines is 2. The molecular weight excluding hydrogens is 254 g/mol. The van der Waals surface area contributed by atoms with E-state index < -0.39 is 0 Å². The molecule has 102 valence electrons. The number of aromatic nitrogens is 1. The molecule has 0 fully saturated rings. The van der Waals surface area contributed by atoms with Gasteiger partial charge in [-0.15, -0.1) is 0 Å². The summed E-state index contributed by atoms with van der Waals surface area (Å²) in [5, 5.41) is 0. The largest absolute Gasteiger partial charge is 0.396 e. The minimum absolute atomic E-state index is 0.0994. The Morgan fingerprint density at radius 1 is 1.30 bits per heavy atom. The molecule has 3 rings (SSSR count). The van der Waals surface area contributed by atoms with Crippen molar-refractivity contribution in [3.8, 4) is 0 Å². The van der Waals surface area contributed by atoms with Crippen LogP contribution in [0.3, 0.4) is 0 Å². The van der Waals surface area contributed by atoms with Gasteiger partial charge in [-0.25, -0.2) is 0 Å². The predicted molar refractivity (Wildman–Crippen MR) is 76.3 cm³/mol. The third kappa shape index (κ3) is 2.12. The molecule has 2 aromatic rings. The van der Waals surface area contributed by atoms with Gasteiger partial charge >= 0.3 is 0 Å². The summed E-state index contributed by atoms with van der Waals surface area (Å²) < 4.78 is 5.36. The van der Waals surface area contributed by atoms with Crippen LogP contribution in [0, 0.1) is 0 Å². The summed E-state index contributed by atoms with van der Waals surface area (Å²) in [6.45, 7) is 1.19. The van der Waals surface area contributed by atoms with Crippen LogP contribution in [0.4, 0.5) is 11.4 Å². The Kier molecular flexibility index (Phi) is 3.12. The molecule has 20 heavy (non-hydrogen) atoms. The zero-order chi connectivity index (χ0) is 14.1. The Morgan fingerprint density at radius 3 is 2.90 bits per heavy atom. The second kappa shape index (κ2) is 4.94. The van der Waals surface area contributed by atoms with Crippen LogP contribution >= 0.6 is 0 Å². The highest BCUT2D eigenvalue weighted by Crippen LogP contribution is 2.24. The summed E-state index contributed by atoms with van der Waals surface area (Å²) in [7, 11) is 1.71. The maximum absolute atomic E-state index is 12.5. The van der Waals surface area contributed by atoms with Gasteiger partial charge in [0.25, 0.3) is 5.91 Å². The number of benzene rings is 1. The fourth-order valence-electron chi connectivity index (χ4n) is 2.31. The number of pyridine rings is 1. The van der Waals surface area contributed by atoms with Gasteiger partial charge < -0.3 is 15.4 Å². The van der Waals surface area contributed by atoms with Crippen molar-refractivity contribution in [1.29, 1.82) is 0 Å². The van der Waals surface area contributed by atoms with Crippen molar-refractivity contribution in [3.63, 3.8) is 0 Å². The second-order valence-corrected chi connectivity index (χ2v) is 4.77. The van der Waals surface area contributed by atoms with Crippen LogP contribution in [0.1, 0.15) is 21.5 Å². The van der Waals surface area contributed by atoms with E-state index in [0.29, 0.717) is 30.2 Å². The quantitative estimate of drug-likeness (QED) is 0.905. The maximum atomic E-state index is 12.5. The monoisotopic (exact) mass is 269 g/mol. The molecule has 0 saturated carbocycles. The first-order valence-corrected chi connectivity index (χ1v) is 6.34. The molecular formula is C15H15N3O2. The first-order chi connectivity index (χ1) is 9.66. The van der Waals surface area contributed by atoms with E-state index in [1.165, 1.54) is 11.1 Å². The topological polar surface area (TPSA) is 68.5 Å². The molecule has 5 nitrogen and oxygen atoms in total. The van der Waals surface area contributed by atoms with Crippen LogP contribution in [-0.4, -0.2) is 17.9 Å². The Hall–Kier alpha value is -2.40. The molecule has 0 unspecified atom stereocenters. The highest BCUT2D eigenvalue weighted by atomic mass is 16.5. The summed E-state index contributed by atoms with van der Waals surface area (Å²) >= 11 is 0. The van der Waals surface area contributed by atoms with Gasteiger partial charge in [-0.2, -0.15) is 0 Å². The van der Waals surface area contributed by atoms with Crippen molar-refractivity contribution >= 4 is 17.3 Å². The van der Waals surface area contributed by atoms with E-state index in [4.69, 9.17) is 10.5 Å². The summed E-state index contributed by atoms with van der Waals surface area (Å²) in [4.78, 5) is 18.0. The van der Waals surface area contributed by atoms with E-state index in [0.717, 1.165) is 11.1 Å². The number of hydrogen-bond donors (Lipinski definition) is 1. The smallest absolute Gasteiger partial charge is 0.258 e. The van der Waals surface area contributed by atoms with E-state index in [1.54, 1.807) is 19.3 Å². The van der Waals surface area contributed by atoms with E-state index in [9.17, 15) is 4.79 Å². The van der Waals surface area contributed by atoms with E-state index in [1.807, 2.05) is 18.2 Å². The third-order valence-electron chi connectivity index (χ3n) is 3.46. The molecule has 1 aromatic carbocycles. The van der Waals surface area contributed by atoms with Crippen molar-refractivity contribution in [3.05, 3.63) is 53.3 Å². The number of carbonyl (C=O) groups is 1. The molecule has 2 heterocycles. The van der Waals surface area contributed by atoms with Crippen LogP contribution < -0.4 is 10.6 Å². The average Bonchev–Trinajstić information content (AvgIpc) is 2.93. The maximum Gasteiger partial charge on any atom is 0.258 e. The minimum atomic E-state index is -0.0994. The first-order valence-electron chi connectivity index (χ1n) is 6.34. The number of hydrogen-bond acceptors (Lipinski definition) is 4. The fourth-order valence-corrected chi connectivity index (χ4v) is 2.31. The minimum Gasteiger partial charge on any atom is -0.396 e. The number of amides is 1. The van der Waals surface area contributed by atoms with Crippen LogP contribution in [0.5, 0.6) is 0 Å². The molecule has 5 heteroatoms. The molecule has 1 aliphatic rings. The standard InChI is InChI=1S/C15H15N3O2/c1-18(14-4-5-17-7-13(14)16)15(19)10-2-3-11-8-20-9-12(11)6-10/h2-7H,8-9,16H2,1H3. The molecule has 1 aromatic heterocycles. The molecule has 0 aliphatic carbocycles. The van der Waals surface area contributed by atoms with Crippen LogP contribution in [0.15, 0.2) is 36.7 Å². The van der Waals surface area contributed by atoms with Gasteiger partial charge in [-0.05, 0) is 29.3 Å². The van der Waals surface area contributed by atoms with Crippen molar-refractivity contribution in [2.45, 2.75) is 13.2 Å². The van der Waals surface area contributed by atoms with Crippen molar-refractivity contribution in [2.75, 3.05) is 17.7 Å². The summed E-state index contributed by atoms with van der Waals surface area (Å²) in [5.41, 5.74) is 9.84. The van der Waals surface area contributed by atoms with E-state index in [-0.39, 0.29) is 5.91 Å². The molecule has 0 atom stereocenters. The lowest BCUT2D eigenvalue weighted by molar-refractivity contribution is 0.0993. The van der Waals surface area contributed by atoms with Gasteiger partial charge in [0.15, 0.2) is 0 Å². The molecule has 1 aliphatic heterocycles. The van der Waals surface area contributed by atoms with E-state index >= 15 is 0 Å². The van der Waals surface area contributed by atoms with Gasteiger partial charge in [0.1, 0.15) is 0 Å². The van der Waals surface area contributed by atoms with Gasteiger partial charge in [0, 0.05) is 18.8 Å². The number of nitrogens with two attached hydrogens (primary N) is 1. The fraction of sp³-hybridized carbons (Fsp3) is 0.200. The SMILES string of the molecule is CN(C(=O)c1ccc2c(c1)COC2)c1ccncc1N. The second-order valence-electron chi connectivity index (χ2n) is 4.77.